The van der Waals surface area contributed by atoms with E-state index in [0.29, 0.717) is 32.7 Å². The molecule has 2 aliphatic heterocycles. The smallest absolute Gasteiger partial charge is 0.308 e. The predicted octanol–water partition coefficient (Wildman–Crippen LogP) is 2.58. The number of carbonyl (C=O) groups excluding carboxylic acids is 3. The van der Waals surface area contributed by atoms with Crippen LogP contribution in [0.15, 0.2) is 52.3 Å². The number of carbonyl (C=O) groups is 3. The van der Waals surface area contributed by atoms with E-state index in [1.54, 1.807) is 18.2 Å². The van der Waals surface area contributed by atoms with E-state index in [1.807, 2.05) is 0 Å². The fourth-order valence-electron chi connectivity index (χ4n) is 4.46. The SMILES string of the molecule is COc1ccc(C2c3sc(=O)n(CC(=O)Nc4ccc(F)cc4)c3SC3C(=O)NC(=O)C32)cc1OC. The fourth-order valence-corrected chi connectivity index (χ4v) is 7.20. The zero-order valence-corrected chi connectivity index (χ0v) is 20.7. The molecule has 2 aliphatic rings. The summed E-state index contributed by atoms with van der Waals surface area (Å²) in [6, 6.07) is 10.5. The molecule has 0 radical (unpaired) electrons. The van der Waals surface area contributed by atoms with E-state index in [1.165, 1.54) is 43.1 Å². The second kappa shape index (κ2) is 9.43. The van der Waals surface area contributed by atoms with Gasteiger partial charge in [0.1, 0.15) is 17.6 Å². The van der Waals surface area contributed by atoms with Gasteiger partial charge in [0, 0.05) is 16.5 Å². The molecule has 186 valence electrons. The molecule has 0 aliphatic carbocycles. The molecule has 2 N–H and O–H groups in total. The summed E-state index contributed by atoms with van der Waals surface area (Å²) in [6.45, 7) is -0.305. The summed E-state index contributed by atoms with van der Waals surface area (Å²) in [5.41, 5.74) is 1.06. The molecule has 0 bridgehead atoms. The zero-order chi connectivity index (χ0) is 25.6. The number of amides is 3. The van der Waals surface area contributed by atoms with Crippen LogP contribution in [0.25, 0.3) is 0 Å². The molecule has 3 heterocycles. The number of benzene rings is 2. The van der Waals surface area contributed by atoms with E-state index in [2.05, 4.69) is 10.6 Å². The number of thiazole rings is 1. The van der Waals surface area contributed by atoms with Gasteiger partial charge in [-0.05, 0) is 42.0 Å². The van der Waals surface area contributed by atoms with Gasteiger partial charge >= 0.3 is 4.87 Å². The van der Waals surface area contributed by atoms with Crippen LogP contribution in [0.3, 0.4) is 0 Å². The van der Waals surface area contributed by atoms with Gasteiger partial charge in [-0.15, -0.1) is 0 Å². The quantitative estimate of drug-likeness (QED) is 0.472. The summed E-state index contributed by atoms with van der Waals surface area (Å²) in [6.07, 6.45) is 0. The number of rotatable bonds is 6. The van der Waals surface area contributed by atoms with Gasteiger partial charge in [-0.3, -0.25) is 29.1 Å². The van der Waals surface area contributed by atoms with Crippen LogP contribution in [0.1, 0.15) is 16.4 Å². The van der Waals surface area contributed by atoms with E-state index in [0.717, 1.165) is 23.1 Å². The molecular weight excluding hydrogens is 509 g/mol. The maximum absolute atomic E-state index is 13.2. The second-order valence-electron chi connectivity index (χ2n) is 8.19. The lowest BCUT2D eigenvalue weighted by Crippen LogP contribution is -2.32. The lowest BCUT2D eigenvalue weighted by Gasteiger charge is -2.31. The molecule has 3 amide bonds. The molecule has 0 saturated carbocycles. The van der Waals surface area contributed by atoms with Crippen molar-refractivity contribution in [2.24, 2.45) is 5.92 Å². The number of ether oxygens (including phenoxy) is 2. The Bertz CT molecular complexity index is 1430. The lowest BCUT2D eigenvalue weighted by molar-refractivity contribution is -0.126. The molecule has 5 rings (SSSR count). The first-order valence-corrected chi connectivity index (χ1v) is 12.5. The van der Waals surface area contributed by atoms with Crippen LogP contribution in [0.2, 0.25) is 0 Å². The second-order valence-corrected chi connectivity index (χ2v) is 10.3. The Morgan fingerprint density at radius 2 is 1.78 bits per heavy atom. The van der Waals surface area contributed by atoms with Crippen molar-refractivity contribution >= 4 is 46.5 Å². The monoisotopic (exact) mass is 529 g/mol. The maximum Gasteiger partial charge on any atom is 0.308 e. The molecule has 1 aromatic heterocycles. The number of hydrogen-bond acceptors (Lipinski definition) is 8. The van der Waals surface area contributed by atoms with Crippen LogP contribution < -0.4 is 25.0 Å². The molecule has 3 atom stereocenters. The molecule has 36 heavy (non-hydrogen) atoms. The third kappa shape index (κ3) is 4.16. The maximum atomic E-state index is 13.2. The number of hydrogen-bond donors (Lipinski definition) is 2. The van der Waals surface area contributed by atoms with Crippen molar-refractivity contribution in [3.63, 3.8) is 0 Å². The topological polar surface area (TPSA) is 116 Å². The van der Waals surface area contributed by atoms with Gasteiger partial charge in [0.2, 0.25) is 17.7 Å². The van der Waals surface area contributed by atoms with E-state index < -0.39 is 40.6 Å². The zero-order valence-electron chi connectivity index (χ0n) is 19.1. The lowest BCUT2D eigenvalue weighted by atomic mass is 9.83. The summed E-state index contributed by atoms with van der Waals surface area (Å²) < 4.78 is 25.2. The number of methoxy groups -OCH3 is 2. The number of anilines is 1. The number of halogens is 1. The van der Waals surface area contributed by atoms with Crippen LogP contribution >= 0.6 is 23.1 Å². The third-order valence-electron chi connectivity index (χ3n) is 6.08. The number of nitrogens with zero attached hydrogens (tertiary/aromatic N) is 1. The fraction of sp³-hybridized carbons (Fsp3) is 0.250. The van der Waals surface area contributed by atoms with Crippen molar-refractivity contribution < 1.29 is 28.2 Å². The first-order chi connectivity index (χ1) is 17.3. The molecule has 12 heteroatoms. The number of imide groups is 1. The number of nitrogens with one attached hydrogen (secondary N) is 2. The van der Waals surface area contributed by atoms with Crippen LogP contribution in [0.5, 0.6) is 11.5 Å². The Balaban J connectivity index is 1.55. The minimum absolute atomic E-state index is 0.305. The van der Waals surface area contributed by atoms with Crippen LogP contribution in [-0.2, 0) is 20.9 Å². The van der Waals surface area contributed by atoms with Crippen LogP contribution in [0, 0.1) is 11.7 Å². The summed E-state index contributed by atoms with van der Waals surface area (Å²) >= 11 is 2.05. The average molecular weight is 530 g/mol. The van der Waals surface area contributed by atoms with Crippen LogP contribution in [0.4, 0.5) is 10.1 Å². The Kier molecular flexibility index (Phi) is 6.31. The van der Waals surface area contributed by atoms with E-state index in [9.17, 15) is 23.6 Å². The standard InChI is InChI=1S/C24H20FN3O6S2/c1-33-14-8-3-11(9-15(14)34-2)17-18-19(22(31)27-21(18)30)35-23-20(17)36-24(32)28(23)10-16(29)26-13-6-4-12(25)5-7-13/h3-9,17-19H,10H2,1-2H3,(H,26,29)(H,27,30,31). The summed E-state index contributed by atoms with van der Waals surface area (Å²) in [4.78, 5) is 51.4. The summed E-state index contributed by atoms with van der Waals surface area (Å²) in [5.74, 6) is -2.16. The third-order valence-corrected chi connectivity index (χ3v) is 8.70. The van der Waals surface area contributed by atoms with E-state index in [-0.39, 0.29) is 11.4 Å². The largest absolute Gasteiger partial charge is 0.493 e. The van der Waals surface area contributed by atoms with Gasteiger partial charge in [-0.2, -0.15) is 0 Å². The highest BCUT2D eigenvalue weighted by Crippen LogP contribution is 2.52. The summed E-state index contributed by atoms with van der Waals surface area (Å²) in [7, 11) is 3.00. The van der Waals surface area contributed by atoms with Gasteiger partial charge in [0.05, 0.1) is 25.2 Å². The van der Waals surface area contributed by atoms with Gasteiger partial charge in [0.25, 0.3) is 0 Å². The number of fused-ring (bicyclic) bond motifs is 2. The predicted molar refractivity (Wildman–Crippen MR) is 131 cm³/mol. The van der Waals surface area contributed by atoms with Crippen molar-refractivity contribution in [1.82, 2.24) is 9.88 Å². The normalized spacial score (nSPS) is 20.4. The molecule has 3 aromatic rings. The van der Waals surface area contributed by atoms with Crippen molar-refractivity contribution in [2.75, 3.05) is 19.5 Å². The van der Waals surface area contributed by atoms with E-state index in [4.69, 9.17) is 9.47 Å². The molecule has 1 fully saturated rings. The van der Waals surface area contributed by atoms with Crippen molar-refractivity contribution in [2.45, 2.75) is 22.7 Å². The van der Waals surface area contributed by atoms with Crippen molar-refractivity contribution in [3.8, 4) is 11.5 Å². The molecule has 9 nitrogen and oxygen atoms in total. The number of thioether (sulfide) groups is 1. The first kappa shape index (κ1) is 24.1. The Labute approximate surface area is 212 Å². The highest BCUT2D eigenvalue weighted by Gasteiger charge is 2.53. The molecular formula is C24H20FN3O6S2. The summed E-state index contributed by atoms with van der Waals surface area (Å²) in [5, 5.41) is 4.74. The minimum atomic E-state index is -0.761. The Morgan fingerprint density at radius 3 is 2.47 bits per heavy atom. The van der Waals surface area contributed by atoms with Gasteiger partial charge < -0.3 is 14.8 Å². The van der Waals surface area contributed by atoms with Crippen LogP contribution in [-0.4, -0.2) is 41.8 Å². The van der Waals surface area contributed by atoms with Gasteiger partial charge in [-0.1, -0.05) is 29.2 Å². The van der Waals surface area contributed by atoms with Crippen molar-refractivity contribution in [3.05, 3.63) is 68.4 Å². The average Bonchev–Trinajstić information content (AvgIpc) is 3.33. The minimum Gasteiger partial charge on any atom is -0.493 e. The highest BCUT2D eigenvalue weighted by molar-refractivity contribution is 8.00. The molecule has 2 aromatic carbocycles. The Hall–Kier alpha value is -3.64. The molecule has 3 unspecified atom stereocenters. The van der Waals surface area contributed by atoms with E-state index >= 15 is 0 Å². The first-order valence-electron chi connectivity index (χ1n) is 10.8. The Morgan fingerprint density at radius 1 is 1.06 bits per heavy atom. The van der Waals surface area contributed by atoms with Gasteiger partial charge in [0.15, 0.2) is 11.5 Å². The molecule has 0 spiro atoms. The number of aromatic nitrogens is 1. The molecule has 1 saturated heterocycles. The van der Waals surface area contributed by atoms with Gasteiger partial charge in [-0.25, -0.2) is 4.39 Å². The van der Waals surface area contributed by atoms with Crippen molar-refractivity contribution in [1.29, 1.82) is 0 Å². The highest BCUT2D eigenvalue weighted by atomic mass is 32.2.